The van der Waals surface area contributed by atoms with Gasteiger partial charge in [0.2, 0.25) is 0 Å². The van der Waals surface area contributed by atoms with Gasteiger partial charge in [-0.1, -0.05) is 20.8 Å². The van der Waals surface area contributed by atoms with Gasteiger partial charge in [0.05, 0.1) is 0 Å². The first kappa shape index (κ1) is 16.8. The molecule has 116 valence electrons. The van der Waals surface area contributed by atoms with Crippen molar-refractivity contribution in [3.8, 4) is 0 Å². The maximum Gasteiger partial charge on any atom is 0.411 e. The number of ether oxygens (including phenoxy) is 1. The van der Waals surface area contributed by atoms with E-state index in [0.29, 0.717) is 6.54 Å². The number of rotatable bonds is 1. The summed E-state index contributed by atoms with van der Waals surface area (Å²) in [5.41, 5.74) is -0.779. The average molecular weight is 285 g/mol. The van der Waals surface area contributed by atoms with Crippen LogP contribution in [-0.4, -0.2) is 40.3 Å². The molecule has 2 atom stereocenters. The highest BCUT2D eigenvalue weighted by atomic mass is 16.6. The Balaban J connectivity index is 2.99. The van der Waals surface area contributed by atoms with Crippen LogP contribution in [0.5, 0.6) is 0 Å². The minimum absolute atomic E-state index is 0.0683. The maximum absolute atomic E-state index is 12.2. The van der Waals surface area contributed by atoms with Crippen LogP contribution in [0.4, 0.5) is 4.79 Å². The van der Waals surface area contributed by atoms with E-state index in [1.54, 1.807) is 20.8 Å². The first-order valence-electron chi connectivity index (χ1n) is 7.16. The average Bonchev–Trinajstić information content (AvgIpc) is 2.24. The fourth-order valence-electron chi connectivity index (χ4n) is 2.73. The van der Waals surface area contributed by atoms with E-state index in [1.807, 2.05) is 20.8 Å². The van der Waals surface area contributed by atoms with Gasteiger partial charge in [-0.05, 0) is 44.9 Å². The molecule has 5 nitrogen and oxygen atoms in total. The molecule has 0 unspecified atom stereocenters. The molecule has 0 aromatic heterocycles. The van der Waals surface area contributed by atoms with E-state index in [-0.39, 0.29) is 11.3 Å². The van der Waals surface area contributed by atoms with Gasteiger partial charge >= 0.3 is 12.1 Å². The topological polar surface area (TPSA) is 66.8 Å². The Morgan fingerprint density at radius 1 is 1.15 bits per heavy atom. The van der Waals surface area contributed by atoms with Crippen molar-refractivity contribution < 1.29 is 19.4 Å². The monoisotopic (exact) mass is 285 g/mol. The van der Waals surface area contributed by atoms with Gasteiger partial charge in [0.1, 0.15) is 11.6 Å². The Morgan fingerprint density at radius 3 is 2.10 bits per heavy atom. The second kappa shape index (κ2) is 5.62. The summed E-state index contributed by atoms with van der Waals surface area (Å²) < 4.78 is 5.34. The lowest BCUT2D eigenvalue weighted by molar-refractivity contribution is -0.149. The number of hydrogen-bond donors (Lipinski definition) is 1. The summed E-state index contributed by atoms with van der Waals surface area (Å²) in [4.78, 5) is 25.3. The van der Waals surface area contributed by atoms with Gasteiger partial charge in [-0.2, -0.15) is 0 Å². The quantitative estimate of drug-likeness (QED) is 0.803. The minimum atomic E-state index is -0.949. The maximum atomic E-state index is 12.2. The highest BCUT2D eigenvalue weighted by Gasteiger charge is 2.45. The van der Waals surface area contributed by atoms with Crippen LogP contribution in [-0.2, 0) is 9.53 Å². The van der Waals surface area contributed by atoms with E-state index < -0.39 is 23.7 Å². The third-order valence-electron chi connectivity index (χ3n) is 3.62. The molecule has 5 heteroatoms. The van der Waals surface area contributed by atoms with Gasteiger partial charge in [-0.15, -0.1) is 0 Å². The number of carbonyl (C=O) groups is 2. The molecular weight excluding hydrogens is 258 g/mol. The molecule has 1 aliphatic rings. The number of carboxylic acid groups (broad SMARTS) is 1. The lowest BCUT2D eigenvalue weighted by Crippen LogP contribution is -2.56. The molecule has 20 heavy (non-hydrogen) atoms. The first-order valence-corrected chi connectivity index (χ1v) is 7.16. The summed E-state index contributed by atoms with van der Waals surface area (Å²) in [6, 6.07) is -0.807. The number of carbonyl (C=O) groups excluding carboxylic acids is 1. The number of hydrogen-bond acceptors (Lipinski definition) is 3. The molecule has 1 N–H and O–H groups in total. The molecule has 0 spiro atoms. The van der Waals surface area contributed by atoms with Crippen molar-refractivity contribution >= 4 is 12.1 Å². The van der Waals surface area contributed by atoms with Crippen LogP contribution in [0.3, 0.4) is 0 Å². The highest BCUT2D eigenvalue weighted by Crippen LogP contribution is 2.38. The first-order chi connectivity index (χ1) is 8.93. The molecule has 0 saturated carbocycles. The van der Waals surface area contributed by atoms with E-state index in [9.17, 15) is 14.7 Å². The number of likely N-dealkylation sites (tertiary alicyclic amines) is 1. The molecule has 0 bridgehead atoms. The summed E-state index contributed by atoms with van der Waals surface area (Å²) >= 11 is 0. The zero-order valence-corrected chi connectivity index (χ0v) is 13.4. The molecule has 1 heterocycles. The third-order valence-corrected chi connectivity index (χ3v) is 3.62. The molecule has 0 aliphatic carbocycles. The molecule has 0 aromatic carbocycles. The van der Waals surface area contributed by atoms with E-state index in [1.165, 1.54) is 4.90 Å². The number of amides is 1. The molecule has 1 aliphatic heterocycles. The lowest BCUT2D eigenvalue weighted by Gasteiger charge is -2.44. The van der Waals surface area contributed by atoms with E-state index in [0.717, 1.165) is 12.8 Å². The number of nitrogens with zero attached hydrogens (tertiary/aromatic N) is 1. The SMILES string of the molecule is CC(C)(C)OC(=O)N1CCC[C@@H](C(C)(C)C)[C@H]1C(=O)O. The molecule has 0 aromatic rings. The Hall–Kier alpha value is -1.26. The van der Waals surface area contributed by atoms with Gasteiger partial charge in [-0.3, -0.25) is 4.90 Å². The molecule has 1 fully saturated rings. The second-order valence-corrected chi connectivity index (χ2v) is 7.57. The normalized spacial score (nSPS) is 24.4. The third kappa shape index (κ3) is 4.12. The largest absolute Gasteiger partial charge is 0.480 e. The number of carboxylic acids is 1. The molecule has 1 saturated heterocycles. The molecular formula is C15H27NO4. The summed E-state index contributed by atoms with van der Waals surface area (Å²) in [5.74, 6) is -1.02. The Labute approximate surface area is 121 Å². The van der Waals surface area contributed by atoms with Gasteiger partial charge in [0.15, 0.2) is 0 Å². The van der Waals surface area contributed by atoms with Crippen molar-refractivity contribution in [3.05, 3.63) is 0 Å². The molecule has 1 amide bonds. The number of piperidine rings is 1. The predicted octanol–water partition coefficient (Wildman–Crippen LogP) is 3.13. The van der Waals surface area contributed by atoms with E-state index in [4.69, 9.17) is 4.74 Å². The Bertz CT molecular complexity index is 378. The highest BCUT2D eigenvalue weighted by molar-refractivity contribution is 5.81. The van der Waals surface area contributed by atoms with E-state index in [2.05, 4.69) is 0 Å². The lowest BCUT2D eigenvalue weighted by atomic mass is 9.71. The Kier molecular flexibility index (Phi) is 4.72. The van der Waals surface area contributed by atoms with Crippen molar-refractivity contribution in [1.29, 1.82) is 0 Å². The fourth-order valence-corrected chi connectivity index (χ4v) is 2.73. The zero-order chi connectivity index (χ0) is 15.7. The summed E-state index contributed by atoms with van der Waals surface area (Å²) in [7, 11) is 0. The van der Waals surface area contributed by atoms with Crippen molar-refractivity contribution in [2.75, 3.05) is 6.54 Å². The predicted molar refractivity (Wildman–Crippen MR) is 76.5 cm³/mol. The van der Waals surface area contributed by atoms with Crippen LogP contribution in [0.1, 0.15) is 54.4 Å². The van der Waals surface area contributed by atoms with Crippen molar-refractivity contribution in [3.63, 3.8) is 0 Å². The van der Waals surface area contributed by atoms with Crippen molar-refractivity contribution in [1.82, 2.24) is 4.90 Å². The van der Waals surface area contributed by atoms with Crippen LogP contribution in [0.15, 0.2) is 0 Å². The van der Waals surface area contributed by atoms with Crippen LogP contribution in [0, 0.1) is 11.3 Å². The summed E-state index contributed by atoms with van der Waals surface area (Å²) in [6.07, 6.45) is 1.10. The Morgan fingerprint density at radius 2 is 1.70 bits per heavy atom. The van der Waals surface area contributed by atoms with Gasteiger partial charge in [0.25, 0.3) is 0 Å². The van der Waals surface area contributed by atoms with Crippen LogP contribution < -0.4 is 0 Å². The van der Waals surface area contributed by atoms with Crippen molar-refractivity contribution in [2.45, 2.75) is 66.0 Å². The van der Waals surface area contributed by atoms with Gasteiger partial charge < -0.3 is 9.84 Å². The van der Waals surface area contributed by atoms with Crippen LogP contribution in [0.2, 0.25) is 0 Å². The van der Waals surface area contributed by atoms with Crippen LogP contribution >= 0.6 is 0 Å². The van der Waals surface area contributed by atoms with Gasteiger partial charge in [0, 0.05) is 6.54 Å². The van der Waals surface area contributed by atoms with E-state index >= 15 is 0 Å². The van der Waals surface area contributed by atoms with Crippen LogP contribution in [0.25, 0.3) is 0 Å². The molecule has 0 radical (unpaired) electrons. The van der Waals surface area contributed by atoms with Crippen molar-refractivity contribution in [2.24, 2.45) is 11.3 Å². The standard InChI is InChI=1S/C15H27NO4/c1-14(2,3)10-8-7-9-16(11(10)12(17)18)13(19)20-15(4,5)6/h10-11H,7-9H2,1-6H3,(H,17,18)/t10-,11+/m1/s1. The summed E-state index contributed by atoms with van der Waals surface area (Å²) in [5, 5.41) is 9.54. The fraction of sp³-hybridized carbons (Fsp3) is 0.867. The minimum Gasteiger partial charge on any atom is -0.480 e. The van der Waals surface area contributed by atoms with Gasteiger partial charge in [-0.25, -0.2) is 9.59 Å². The summed E-state index contributed by atoms with van der Waals surface area (Å²) in [6.45, 7) is 11.9. The second-order valence-electron chi connectivity index (χ2n) is 7.57. The zero-order valence-electron chi connectivity index (χ0n) is 13.4. The molecule has 1 rings (SSSR count). The number of aliphatic carboxylic acids is 1. The smallest absolute Gasteiger partial charge is 0.411 e.